The van der Waals surface area contributed by atoms with Gasteiger partial charge in [0.1, 0.15) is 0 Å². The summed E-state index contributed by atoms with van der Waals surface area (Å²) in [6.07, 6.45) is 0.956. The second kappa shape index (κ2) is 5.25. The van der Waals surface area contributed by atoms with Gasteiger partial charge in [0.2, 0.25) is 0 Å². The summed E-state index contributed by atoms with van der Waals surface area (Å²) in [7, 11) is 0. The fourth-order valence-corrected chi connectivity index (χ4v) is 2.71. The number of nitrogen functional groups attached to an aromatic ring is 1. The van der Waals surface area contributed by atoms with E-state index >= 15 is 0 Å². The van der Waals surface area contributed by atoms with Crippen LogP contribution in [0.3, 0.4) is 0 Å². The summed E-state index contributed by atoms with van der Waals surface area (Å²) in [6, 6.07) is 9.79. The van der Waals surface area contributed by atoms with E-state index in [0.717, 1.165) is 33.2 Å². The van der Waals surface area contributed by atoms with Crippen LogP contribution in [0.2, 0.25) is 5.02 Å². The van der Waals surface area contributed by atoms with Crippen LogP contribution >= 0.6 is 24.2 Å². The first-order chi connectivity index (χ1) is 8.54. The van der Waals surface area contributed by atoms with Gasteiger partial charge in [0.15, 0.2) is 0 Å². The van der Waals surface area contributed by atoms with Gasteiger partial charge in [0, 0.05) is 21.2 Å². The van der Waals surface area contributed by atoms with Crippen LogP contribution in [0.5, 0.6) is 0 Å². The van der Waals surface area contributed by atoms with Crippen molar-refractivity contribution >= 4 is 29.9 Å². The lowest BCUT2D eigenvalue weighted by Gasteiger charge is -2.16. The zero-order valence-electron chi connectivity index (χ0n) is 10.5. The van der Waals surface area contributed by atoms with Gasteiger partial charge in [-0.3, -0.25) is 0 Å². The SMILES string of the molecule is CCc1c(C)cc(N)c(S)c1-c1ccc(Cl)cc1. The lowest BCUT2D eigenvalue weighted by Crippen LogP contribution is -1.98. The number of anilines is 1. The molecule has 0 atom stereocenters. The van der Waals surface area contributed by atoms with Gasteiger partial charge >= 0.3 is 0 Å². The van der Waals surface area contributed by atoms with Crippen LogP contribution < -0.4 is 5.73 Å². The molecular weight excluding hydrogens is 262 g/mol. The van der Waals surface area contributed by atoms with Gasteiger partial charge in [-0.15, -0.1) is 12.6 Å². The molecule has 18 heavy (non-hydrogen) atoms. The van der Waals surface area contributed by atoms with Gasteiger partial charge in [-0.2, -0.15) is 0 Å². The maximum atomic E-state index is 6.01. The summed E-state index contributed by atoms with van der Waals surface area (Å²) in [5.41, 5.74) is 11.5. The number of hydrogen-bond acceptors (Lipinski definition) is 2. The van der Waals surface area contributed by atoms with Gasteiger partial charge in [-0.1, -0.05) is 30.7 Å². The van der Waals surface area contributed by atoms with Gasteiger partial charge in [-0.05, 0) is 48.2 Å². The van der Waals surface area contributed by atoms with Crippen LogP contribution in [-0.2, 0) is 6.42 Å². The number of rotatable bonds is 2. The number of thiol groups is 1. The first-order valence-electron chi connectivity index (χ1n) is 5.91. The second-order valence-corrected chi connectivity index (χ2v) is 5.23. The molecule has 2 rings (SSSR count). The molecule has 0 saturated heterocycles. The molecule has 2 aromatic rings. The molecule has 0 aliphatic heterocycles. The molecule has 0 bridgehead atoms. The van der Waals surface area contributed by atoms with E-state index in [-0.39, 0.29) is 0 Å². The van der Waals surface area contributed by atoms with Crippen LogP contribution in [0.1, 0.15) is 18.1 Å². The Hall–Kier alpha value is -1.12. The van der Waals surface area contributed by atoms with E-state index in [4.69, 9.17) is 17.3 Å². The zero-order chi connectivity index (χ0) is 13.3. The van der Waals surface area contributed by atoms with Crippen molar-refractivity contribution < 1.29 is 0 Å². The third-order valence-corrected chi connectivity index (χ3v) is 3.88. The van der Waals surface area contributed by atoms with E-state index in [1.165, 1.54) is 11.1 Å². The van der Waals surface area contributed by atoms with E-state index in [1.54, 1.807) is 0 Å². The van der Waals surface area contributed by atoms with Crippen molar-refractivity contribution in [2.75, 3.05) is 5.73 Å². The summed E-state index contributed by atoms with van der Waals surface area (Å²) in [6.45, 7) is 4.23. The molecule has 0 fully saturated rings. The molecule has 0 heterocycles. The second-order valence-electron chi connectivity index (χ2n) is 4.35. The Bertz CT molecular complexity index is 576. The lowest BCUT2D eigenvalue weighted by molar-refractivity contribution is 1.10. The normalized spacial score (nSPS) is 10.7. The summed E-state index contributed by atoms with van der Waals surface area (Å²) < 4.78 is 0. The van der Waals surface area contributed by atoms with E-state index in [2.05, 4.69) is 26.5 Å². The van der Waals surface area contributed by atoms with Gasteiger partial charge in [-0.25, -0.2) is 0 Å². The molecule has 0 aliphatic rings. The Labute approximate surface area is 118 Å². The summed E-state index contributed by atoms with van der Waals surface area (Å²) in [5.74, 6) is 0. The molecule has 0 aliphatic carbocycles. The fourth-order valence-electron chi connectivity index (χ4n) is 2.26. The van der Waals surface area contributed by atoms with E-state index in [1.807, 2.05) is 30.3 Å². The molecule has 0 saturated carbocycles. The fraction of sp³-hybridized carbons (Fsp3) is 0.200. The minimum atomic E-state index is 0.720. The van der Waals surface area contributed by atoms with Crippen LogP contribution in [-0.4, -0.2) is 0 Å². The lowest BCUT2D eigenvalue weighted by atomic mass is 9.93. The van der Waals surface area contributed by atoms with E-state index in [0.29, 0.717) is 0 Å². The number of hydrogen-bond donors (Lipinski definition) is 2. The predicted molar refractivity (Wildman–Crippen MR) is 82.7 cm³/mol. The smallest absolute Gasteiger partial charge is 0.0458 e. The number of benzene rings is 2. The predicted octanol–water partition coefficient (Wildman–Crippen LogP) is 4.75. The van der Waals surface area contributed by atoms with Crippen molar-refractivity contribution in [1.29, 1.82) is 0 Å². The summed E-state index contributed by atoms with van der Waals surface area (Å²) >= 11 is 10.5. The highest BCUT2D eigenvalue weighted by atomic mass is 35.5. The van der Waals surface area contributed by atoms with E-state index in [9.17, 15) is 0 Å². The Balaban J connectivity index is 2.72. The van der Waals surface area contributed by atoms with Crippen LogP contribution in [0.25, 0.3) is 11.1 Å². The van der Waals surface area contributed by atoms with Gasteiger partial charge in [0.05, 0.1) is 0 Å². The first kappa shape index (κ1) is 13.3. The minimum absolute atomic E-state index is 0.720. The highest BCUT2D eigenvalue weighted by Gasteiger charge is 2.13. The first-order valence-corrected chi connectivity index (χ1v) is 6.74. The van der Waals surface area contributed by atoms with Crippen molar-refractivity contribution in [2.45, 2.75) is 25.2 Å². The average Bonchev–Trinajstić information content (AvgIpc) is 2.35. The quantitative estimate of drug-likeness (QED) is 0.601. The van der Waals surface area contributed by atoms with Crippen LogP contribution in [0.15, 0.2) is 35.2 Å². The number of aryl methyl sites for hydroxylation is 1. The Morgan fingerprint density at radius 3 is 2.39 bits per heavy atom. The van der Waals surface area contributed by atoms with Crippen molar-refractivity contribution in [3.05, 3.63) is 46.5 Å². The van der Waals surface area contributed by atoms with Crippen molar-refractivity contribution in [3.8, 4) is 11.1 Å². The van der Waals surface area contributed by atoms with Crippen molar-refractivity contribution in [2.24, 2.45) is 0 Å². The summed E-state index contributed by atoms with van der Waals surface area (Å²) in [4.78, 5) is 0.847. The Morgan fingerprint density at radius 2 is 1.83 bits per heavy atom. The zero-order valence-corrected chi connectivity index (χ0v) is 12.1. The third kappa shape index (κ3) is 2.36. The average molecular weight is 278 g/mol. The van der Waals surface area contributed by atoms with E-state index < -0.39 is 0 Å². The Kier molecular flexibility index (Phi) is 3.88. The van der Waals surface area contributed by atoms with Crippen LogP contribution in [0, 0.1) is 6.92 Å². The molecule has 2 aromatic carbocycles. The molecule has 0 spiro atoms. The molecule has 0 aromatic heterocycles. The molecule has 3 heteroatoms. The highest BCUT2D eigenvalue weighted by Crippen LogP contribution is 2.37. The highest BCUT2D eigenvalue weighted by molar-refractivity contribution is 7.80. The minimum Gasteiger partial charge on any atom is -0.398 e. The number of nitrogens with two attached hydrogens (primary N) is 1. The largest absolute Gasteiger partial charge is 0.398 e. The van der Waals surface area contributed by atoms with Crippen molar-refractivity contribution in [1.82, 2.24) is 0 Å². The molecule has 0 unspecified atom stereocenters. The standard InChI is InChI=1S/C15H16ClNS/c1-3-12-9(2)8-13(17)15(18)14(12)10-4-6-11(16)7-5-10/h4-8,18H,3,17H2,1-2H3. The van der Waals surface area contributed by atoms with Gasteiger partial charge in [0.25, 0.3) is 0 Å². The van der Waals surface area contributed by atoms with Gasteiger partial charge < -0.3 is 5.73 Å². The third-order valence-electron chi connectivity index (χ3n) is 3.15. The molecule has 2 N–H and O–H groups in total. The molecular formula is C15H16ClNS. The molecule has 1 nitrogen and oxygen atoms in total. The molecule has 0 radical (unpaired) electrons. The topological polar surface area (TPSA) is 26.0 Å². The monoisotopic (exact) mass is 277 g/mol. The maximum absolute atomic E-state index is 6.01. The molecule has 94 valence electrons. The molecule has 0 amide bonds. The Morgan fingerprint density at radius 1 is 1.22 bits per heavy atom. The van der Waals surface area contributed by atoms with Crippen LogP contribution in [0.4, 0.5) is 5.69 Å². The van der Waals surface area contributed by atoms with Crippen molar-refractivity contribution in [3.63, 3.8) is 0 Å². The number of halogens is 1. The summed E-state index contributed by atoms with van der Waals surface area (Å²) in [5, 5.41) is 0.734. The maximum Gasteiger partial charge on any atom is 0.0458 e.